The minimum atomic E-state index is -4.60. The van der Waals surface area contributed by atoms with Gasteiger partial charge < -0.3 is 9.80 Å². The first-order chi connectivity index (χ1) is 11.5. The van der Waals surface area contributed by atoms with Crippen molar-refractivity contribution in [1.82, 2.24) is 9.97 Å². The van der Waals surface area contributed by atoms with Gasteiger partial charge in [-0.05, 0) is 12.8 Å². The molecule has 1 aromatic rings. The molecule has 2 heterocycles. The summed E-state index contributed by atoms with van der Waals surface area (Å²) in [6.45, 7) is 3.74. The molecule has 0 N–H and O–H groups in total. The van der Waals surface area contributed by atoms with Crippen LogP contribution in [-0.4, -0.2) is 56.1 Å². The van der Waals surface area contributed by atoms with E-state index in [1.165, 1.54) is 4.90 Å². The predicted octanol–water partition coefficient (Wildman–Crippen LogP) is 2.36. The molecule has 0 unspecified atom stereocenters. The largest absolute Gasteiger partial charge is 0.433 e. The van der Waals surface area contributed by atoms with Gasteiger partial charge in [-0.2, -0.15) is 18.2 Å². The van der Waals surface area contributed by atoms with Crippen LogP contribution in [0.15, 0.2) is 6.07 Å². The number of nitrogens with zero attached hydrogens (tertiary/aromatic N) is 4. The summed E-state index contributed by atoms with van der Waals surface area (Å²) in [6.07, 6.45) is -3.82. The van der Waals surface area contributed by atoms with Gasteiger partial charge in [-0.3, -0.25) is 0 Å². The van der Waals surface area contributed by atoms with Crippen molar-refractivity contribution in [3.8, 4) is 0 Å². The maximum Gasteiger partial charge on any atom is 0.433 e. The molecule has 25 heavy (non-hydrogen) atoms. The molecular weight excluding hydrogens is 357 g/mol. The fourth-order valence-corrected chi connectivity index (χ4v) is 5.12. The van der Waals surface area contributed by atoms with Crippen molar-refractivity contribution >= 4 is 21.6 Å². The Morgan fingerprint density at radius 2 is 1.84 bits per heavy atom. The Balaban J connectivity index is 2.49. The molecule has 0 aliphatic carbocycles. The molecule has 10 heteroatoms. The second-order valence-corrected chi connectivity index (χ2v) is 8.94. The van der Waals surface area contributed by atoms with Gasteiger partial charge >= 0.3 is 6.18 Å². The molecule has 1 aliphatic rings. The van der Waals surface area contributed by atoms with E-state index in [0.29, 0.717) is 12.8 Å². The standard InChI is InChI=1S/C15H23F3N4O2S/c1-5-14(6-2)10-22(7-8-25(14,23)24)13-19-11(15(16,17)18)9-12(20-13)21(3)4/h9H,5-8,10H2,1-4H3. The Morgan fingerprint density at radius 3 is 2.32 bits per heavy atom. The van der Waals surface area contributed by atoms with E-state index < -0.39 is 26.5 Å². The number of anilines is 2. The van der Waals surface area contributed by atoms with E-state index in [1.54, 1.807) is 32.8 Å². The second kappa shape index (κ2) is 6.62. The molecule has 0 aromatic carbocycles. The lowest BCUT2D eigenvalue weighted by molar-refractivity contribution is -0.141. The van der Waals surface area contributed by atoms with E-state index in [1.807, 2.05) is 0 Å². The average Bonchev–Trinajstić information content (AvgIpc) is 2.53. The molecule has 0 saturated carbocycles. The summed E-state index contributed by atoms with van der Waals surface area (Å²) in [5.74, 6) is -0.0740. The molecule has 6 nitrogen and oxygen atoms in total. The van der Waals surface area contributed by atoms with Crippen LogP contribution in [0.5, 0.6) is 0 Å². The van der Waals surface area contributed by atoms with Crippen molar-refractivity contribution in [2.24, 2.45) is 0 Å². The van der Waals surface area contributed by atoms with E-state index in [2.05, 4.69) is 9.97 Å². The summed E-state index contributed by atoms with van der Waals surface area (Å²) in [7, 11) is -0.136. The molecule has 0 spiro atoms. The lowest BCUT2D eigenvalue weighted by Gasteiger charge is -2.41. The number of alkyl halides is 3. The molecule has 1 fully saturated rings. The molecule has 1 saturated heterocycles. The van der Waals surface area contributed by atoms with Crippen LogP contribution in [0.4, 0.5) is 24.9 Å². The van der Waals surface area contributed by atoms with Gasteiger partial charge in [-0.25, -0.2) is 13.4 Å². The smallest absolute Gasteiger partial charge is 0.363 e. The van der Waals surface area contributed by atoms with Crippen LogP contribution in [0.3, 0.4) is 0 Å². The SMILES string of the molecule is CCC1(CC)CN(c2nc(N(C)C)cc(C(F)(F)F)n2)CCS1(=O)=O. The first kappa shape index (κ1) is 19.7. The molecule has 1 aromatic heterocycles. The molecule has 0 atom stereocenters. The number of hydrogen-bond donors (Lipinski definition) is 0. The van der Waals surface area contributed by atoms with E-state index in [0.717, 1.165) is 6.07 Å². The minimum Gasteiger partial charge on any atom is -0.363 e. The van der Waals surface area contributed by atoms with Gasteiger partial charge in [0.2, 0.25) is 5.95 Å². The van der Waals surface area contributed by atoms with Crippen LogP contribution in [-0.2, 0) is 16.0 Å². The summed E-state index contributed by atoms with van der Waals surface area (Å²) >= 11 is 0. The molecule has 0 amide bonds. The Bertz CT molecular complexity index is 731. The first-order valence-corrected chi connectivity index (χ1v) is 9.72. The number of sulfone groups is 1. The van der Waals surface area contributed by atoms with Gasteiger partial charge in [0.25, 0.3) is 0 Å². The van der Waals surface area contributed by atoms with E-state index in [9.17, 15) is 21.6 Å². The number of rotatable bonds is 4. The van der Waals surface area contributed by atoms with Crippen LogP contribution in [0.2, 0.25) is 0 Å². The topological polar surface area (TPSA) is 66.4 Å². The van der Waals surface area contributed by atoms with Crippen molar-refractivity contribution in [3.63, 3.8) is 0 Å². The van der Waals surface area contributed by atoms with E-state index in [-0.39, 0.29) is 30.6 Å². The van der Waals surface area contributed by atoms with Gasteiger partial charge in [0.05, 0.1) is 10.5 Å². The van der Waals surface area contributed by atoms with Crippen LogP contribution >= 0.6 is 0 Å². The maximum atomic E-state index is 13.2. The zero-order valence-corrected chi connectivity index (χ0v) is 15.6. The molecule has 2 rings (SSSR count). The Labute approximate surface area is 146 Å². The maximum absolute atomic E-state index is 13.2. The lowest BCUT2D eigenvalue weighted by Crippen LogP contribution is -2.56. The van der Waals surface area contributed by atoms with Gasteiger partial charge in [0, 0.05) is 33.3 Å². The zero-order valence-electron chi connectivity index (χ0n) is 14.8. The third-order valence-corrected chi connectivity index (χ3v) is 7.54. The number of aromatic nitrogens is 2. The monoisotopic (exact) mass is 380 g/mol. The van der Waals surface area contributed by atoms with Crippen molar-refractivity contribution in [2.75, 3.05) is 42.7 Å². The minimum absolute atomic E-state index is 0.0816. The van der Waals surface area contributed by atoms with Crippen molar-refractivity contribution in [1.29, 1.82) is 0 Å². The van der Waals surface area contributed by atoms with Crippen LogP contribution < -0.4 is 9.80 Å². The Kier molecular flexibility index (Phi) is 5.23. The molecule has 0 bridgehead atoms. The van der Waals surface area contributed by atoms with E-state index >= 15 is 0 Å². The first-order valence-electron chi connectivity index (χ1n) is 8.06. The fraction of sp³-hybridized carbons (Fsp3) is 0.733. The fourth-order valence-electron chi connectivity index (χ4n) is 2.99. The predicted molar refractivity (Wildman–Crippen MR) is 90.7 cm³/mol. The van der Waals surface area contributed by atoms with Crippen molar-refractivity contribution < 1.29 is 21.6 Å². The van der Waals surface area contributed by atoms with Crippen molar-refractivity contribution in [3.05, 3.63) is 11.8 Å². The molecular formula is C15H23F3N4O2S. The highest BCUT2D eigenvalue weighted by molar-refractivity contribution is 7.92. The molecule has 0 radical (unpaired) electrons. The van der Waals surface area contributed by atoms with Crippen LogP contribution in [0.1, 0.15) is 32.4 Å². The zero-order chi connectivity index (χ0) is 19.0. The number of halogens is 3. The third-order valence-electron chi connectivity index (χ3n) is 4.79. The van der Waals surface area contributed by atoms with E-state index in [4.69, 9.17) is 0 Å². The second-order valence-electron chi connectivity index (χ2n) is 6.43. The van der Waals surface area contributed by atoms with Gasteiger partial charge in [0.1, 0.15) is 5.82 Å². The summed E-state index contributed by atoms with van der Waals surface area (Å²) in [4.78, 5) is 10.9. The van der Waals surface area contributed by atoms with Crippen LogP contribution in [0, 0.1) is 0 Å². The molecule has 142 valence electrons. The number of hydrogen-bond acceptors (Lipinski definition) is 6. The summed E-state index contributed by atoms with van der Waals surface area (Å²) in [5, 5.41) is 0. The average molecular weight is 380 g/mol. The summed E-state index contributed by atoms with van der Waals surface area (Å²) in [5.41, 5.74) is -1.03. The van der Waals surface area contributed by atoms with Crippen molar-refractivity contribution in [2.45, 2.75) is 37.6 Å². The lowest BCUT2D eigenvalue weighted by atomic mass is 10.0. The van der Waals surface area contributed by atoms with Gasteiger partial charge in [-0.15, -0.1) is 0 Å². The Morgan fingerprint density at radius 1 is 1.24 bits per heavy atom. The van der Waals surface area contributed by atoms with Gasteiger partial charge in [-0.1, -0.05) is 13.8 Å². The highest BCUT2D eigenvalue weighted by Crippen LogP contribution is 2.35. The highest BCUT2D eigenvalue weighted by Gasteiger charge is 2.46. The van der Waals surface area contributed by atoms with Crippen LogP contribution in [0.25, 0.3) is 0 Å². The highest BCUT2D eigenvalue weighted by atomic mass is 32.2. The molecule has 1 aliphatic heterocycles. The summed E-state index contributed by atoms with van der Waals surface area (Å²) in [6, 6.07) is 0.886. The van der Waals surface area contributed by atoms with Gasteiger partial charge in [0.15, 0.2) is 15.5 Å². The quantitative estimate of drug-likeness (QED) is 0.799. The Hall–Kier alpha value is -1.58. The normalized spacial score (nSPS) is 19.7. The third kappa shape index (κ3) is 3.68. The summed E-state index contributed by atoms with van der Waals surface area (Å²) < 4.78 is 63.5.